The van der Waals surface area contributed by atoms with E-state index in [2.05, 4.69) is 15.6 Å². The predicted octanol–water partition coefficient (Wildman–Crippen LogP) is 0.892. The fourth-order valence-electron chi connectivity index (χ4n) is 1.92. The third-order valence-corrected chi connectivity index (χ3v) is 2.85. The molecule has 1 aliphatic rings. The molecule has 19 heavy (non-hydrogen) atoms. The molecule has 7 nitrogen and oxygen atoms in total. The minimum Gasteiger partial charge on any atom is -0.326 e. The van der Waals surface area contributed by atoms with Gasteiger partial charge in [-0.1, -0.05) is 6.07 Å². The van der Waals surface area contributed by atoms with Gasteiger partial charge in [0, 0.05) is 12.2 Å². The van der Waals surface area contributed by atoms with Crippen LogP contribution in [0.25, 0.3) is 0 Å². The Morgan fingerprint density at radius 3 is 3.05 bits per heavy atom. The molecular weight excluding hydrogens is 248 g/mol. The van der Waals surface area contributed by atoms with Gasteiger partial charge in [-0.25, -0.2) is 14.8 Å². The average Bonchev–Trinajstić information content (AvgIpc) is 2.35. The number of carbonyl (C=O) groups excluding carboxylic acids is 2. The summed E-state index contributed by atoms with van der Waals surface area (Å²) < 4.78 is 0. The molecule has 0 aromatic carbocycles. The molecule has 1 fully saturated rings. The second-order valence-electron chi connectivity index (χ2n) is 4.42. The molecule has 1 saturated heterocycles. The van der Waals surface area contributed by atoms with Crippen molar-refractivity contribution in [3.8, 4) is 0 Å². The molecule has 1 aliphatic heterocycles. The second kappa shape index (κ2) is 5.66. The van der Waals surface area contributed by atoms with Gasteiger partial charge in [-0.3, -0.25) is 15.3 Å². The van der Waals surface area contributed by atoms with E-state index < -0.39 is 18.0 Å². The molecule has 2 heterocycles. The molecular formula is C12H16N4O3. The number of nitrogens with one attached hydrogen (secondary N) is 2. The summed E-state index contributed by atoms with van der Waals surface area (Å²) in [5.41, 5.74) is 0.785. The number of amides is 3. The van der Waals surface area contributed by atoms with Gasteiger partial charge in [0.1, 0.15) is 11.9 Å². The van der Waals surface area contributed by atoms with Gasteiger partial charge in [0.25, 0.3) is 5.91 Å². The normalized spacial score (nSPS) is 19.2. The first kappa shape index (κ1) is 13.3. The molecule has 1 aromatic heterocycles. The lowest BCUT2D eigenvalue weighted by Crippen LogP contribution is -2.52. The number of aryl methyl sites for hydroxylation is 1. The van der Waals surface area contributed by atoms with Crippen molar-refractivity contribution < 1.29 is 14.8 Å². The van der Waals surface area contributed by atoms with E-state index in [4.69, 9.17) is 0 Å². The van der Waals surface area contributed by atoms with Gasteiger partial charge in [0.15, 0.2) is 0 Å². The van der Waals surface area contributed by atoms with Crippen molar-refractivity contribution in [3.05, 3.63) is 23.9 Å². The summed E-state index contributed by atoms with van der Waals surface area (Å²) in [5, 5.41) is 15.0. The van der Waals surface area contributed by atoms with Crippen LogP contribution in [0.2, 0.25) is 0 Å². The highest BCUT2D eigenvalue weighted by Crippen LogP contribution is 2.10. The topological polar surface area (TPSA) is 94.6 Å². The molecule has 3 N–H and O–H groups in total. The smallest absolute Gasteiger partial charge is 0.321 e. The monoisotopic (exact) mass is 264 g/mol. The zero-order valence-electron chi connectivity index (χ0n) is 10.6. The molecule has 102 valence electrons. The molecule has 0 unspecified atom stereocenters. The fourth-order valence-corrected chi connectivity index (χ4v) is 1.92. The van der Waals surface area contributed by atoms with Gasteiger partial charge in [-0.05, 0) is 31.9 Å². The van der Waals surface area contributed by atoms with Crippen molar-refractivity contribution in [2.45, 2.75) is 25.8 Å². The van der Waals surface area contributed by atoms with Gasteiger partial charge < -0.3 is 5.32 Å². The lowest BCUT2D eigenvalue weighted by molar-refractivity contribution is -0.172. The fraction of sp³-hybridized carbons (Fsp3) is 0.417. The summed E-state index contributed by atoms with van der Waals surface area (Å²) in [6.07, 6.45) is 1.17. The van der Waals surface area contributed by atoms with Crippen molar-refractivity contribution in [2.75, 3.05) is 11.9 Å². The van der Waals surface area contributed by atoms with Crippen LogP contribution in [0.15, 0.2) is 18.2 Å². The van der Waals surface area contributed by atoms with E-state index in [0.717, 1.165) is 5.69 Å². The van der Waals surface area contributed by atoms with Crippen LogP contribution in [0.1, 0.15) is 18.5 Å². The van der Waals surface area contributed by atoms with Crippen molar-refractivity contribution in [1.82, 2.24) is 15.4 Å². The Morgan fingerprint density at radius 2 is 2.32 bits per heavy atom. The van der Waals surface area contributed by atoms with Crippen molar-refractivity contribution >= 4 is 17.8 Å². The van der Waals surface area contributed by atoms with E-state index in [9.17, 15) is 14.8 Å². The van der Waals surface area contributed by atoms with Gasteiger partial charge in [0.05, 0.1) is 0 Å². The van der Waals surface area contributed by atoms with E-state index in [1.807, 2.05) is 13.0 Å². The SMILES string of the molecule is Cc1cccc(NC(=O)N[C@@H]2CCCN(O)C2=O)n1. The molecule has 1 atom stereocenters. The minimum absolute atomic E-state index is 0.304. The number of aromatic nitrogens is 1. The Labute approximate surface area is 110 Å². The van der Waals surface area contributed by atoms with Crippen LogP contribution in [0, 0.1) is 6.92 Å². The largest absolute Gasteiger partial charge is 0.326 e. The zero-order valence-corrected chi connectivity index (χ0v) is 10.6. The van der Waals surface area contributed by atoms with Crippen LogP contribution in [-0.4, -0.2) is 39.8 Å². The standard InChI is InChI=1S/C12H16N4O3/c1-8-4-2-6-10(13-8)15-12(18)14-9-5-3-7-16(19)11(9)17/h2,4,6,9,19H,3,5,7H2,1H3,(H2,13,14,15,18)/t9-/m1/s1. The molecule has 0 saturated carbocycles. The molecule has 7 heteroatoms. The van der Waals surface area contributed by atoms with Crippen LogP contribution in [-0.2, 0) is 4.79 Å². The van der Waals surface area contributed by atoms with Gasteiger partial charge in [-0.15, -0.1) is 0 Å². The van der Waals surface area contributed by atoms with Crippen LogP contribution in [0.3, 0.4) is 0 Å². The lowest BCUT2D eigenvalue weighted by atomic mass is 10.1. The van der Waals surface area contributed by atoms with E-state index in [0.29, 0.717) is 30.3 Å². The van der Waals surface area contributed by atoms with Crippen molar-refractivity contribution in [1.29, 1.82) is 0 Å². The number of anilines is 1. The quantitative estimate of drug-likeness (QED) is 0.691. The van der Waals surface area contributed by atoms with E-state index in [1.54, 1.807) is 12.1 Å². The predicted molar refractivity (Wildman–Crippen MR) is 67.6 cm³/mol. The lowest BCUT2D eigenvalue weighted by Gasteiger charge is -2.27. The maximum Gasteiger partial charge on any atom is 0.321 e. The van der Waals surface area contributed by atoms with E-state index >= 15 is 0 Å². The molecule has 2 rings (SSSR count). The molecule has 0 bridgehead atoms. The summed E-state index contributed by atoms with van der Waals surface area (Å²) in [6.45, 7) is 2.12. The molecule has 3 amide bonds. The van der Waals surface area contributed by atoms with Crippen LogP contribution in [0.4, 0.5) is 10.6 Å². The van der Waals surface area contributed by atoms with Crippen LogP contribution in [0.5, 0.6) is 0 Å². The molecule has 1 aromatic rings. The summed E-state index contributed by atoms with van der Waals surface area (Å²) in [5.74, 6) is -0.0692. The Balaban J connectivity index is 1.92. The maximum atomic E-state index is 11.7. The van der Waals surface area contributed by atoms with E-state index in [1.165, 1.54) is 0 Å². The number of piperidine rings is 1. The third-order valence-electron chi connectivity index (χ3n) is 2.85. The number of hydroxylamine groups is 2. The van der Waals surface area contributed by atoms with Crippen LogP contribution >= 0.6 is 0 Å². The van der Waals surface area contributed by atoms with Crippen molar-refractivity contribution in [2.24, 2.45) is 0 Å². The van der Waals surface area contributed by atoms with Crippen LogP contribution < -0.4 is 10.6 Å². The molecule has 0 spiro atoms. The summed E-state index contributed by atoms with van der Waals surface area (Å²) in [4.78, 5) is 27.4. The Bertz CT molecular complexity index is 492. The highest BCUT2D eigenvalue weighted by atomic mass is 16.5. The number of hydrogen-bond acceptors (Lipinski definition) is 4. The number of carbonyl (C=O) groups is 2. The summed E-state index contributed by atoms with van der Waals surface area (Å²) >= 11 is 0. The number of hydrogen-bond donors (Lipinski definition) is 3. The van der Waals surface area contributed by atoms with Crippen molar-refractivity contribution in [3.63, 3.8) is 0 Å². The average molecular weight is 264 g/mol. The number of pyridine rings is 1. The van der Waals surface area contributed by atoms with E-state index in [-0.39, 0.29) is 0 Å². The zero-order chi connectivity index (χ0) is 13.8. The van der Waals surface area contributed by atoms with Gasteiger partial charge >= 0.3 is 6.03 Å². The second-order valence-corrected chi connectivity index (χ2v) is 4.42. The number of nitrogens with zero attached hydrogens (tertiary/aromatic N) is 2. The highest BCUT2D eigenvalue weighted by Gasteiger charge is 2.29. The Morgan fingerprint density at radius 1 is 1.53 bits per heavy atom. The first-order valence-electron chi connectivity index (χ1n) is 6.07. The Hall–Kier alpha value is -2.15. The Kier molecular flexibility index (Phi) is 3.96. The van der Waals surface area contributed by atoms with Gasteiger partial charge in [-0.2, -0.15) is 0 Å². The molecule has 0 aliphatic carbocycles. The first-order chi connectivity index (χ1) is 9.06. The number of urea groups is 1. The van der Waals surface area contributed by atoms with Gasteiger partial charge in [0.2, 0.25) is 0 Å². The maximum absolute atomic E-state index is 11.7. The summed E-state index contributed by atoms with van der Waals surface area (Å²) in [7, 11) is 0. The highest BCUT2D eigenvalue weighted by molar-refractivity contribution is 5.93. The number of rotatable bonds is 2. The molecule has 0 radical (unpaired) electrons. The first-order valence-corrected chi connectivity index (χ1v) is 6.07. The summed E-state index contributed by atoms with van der Waals surface area (Å²) in [6, 6.07) is 4.06. The third kappa shape index (κ3) is 3.41. The minimum atomic E-state index is -0.691.